The van der Waals surface area contributed by atoms with Crippen LogP contribution in [-0.2, 0) is 16.1 Å². The van der Waals surface area contributed by atoms with E-state index in [1.807, 2.05) is 60.7 Å². The molecule has 0 radical (unpaired) electrons. The van der Waals surface area contributed by atoms with Gasteiger partial charge in [0.15, 0.2) is 0 Å². The highest BCUT2D eigenvalue weighted by molar-refractivity contribution is 6.03. The molecule has 0 aliphatic carbocycles. The van der Waals surface area contributed by atoms with Crippen molar-refractivity contribution in [3.63, 3.8) is 0 Å². The molecular weight excluding hydrogens is 355 g/mol. The van der Waals surface area contributed by atoms with Crippen LogP contribution in [0.25, 0.3) is 0 Å². The first-order valence-corrected chi connectivity index (χ1v) is 8.98. The van der Waals surface area contributed by atoms with Crippen LogP contribution < -0.4 is 9.80 Å². The molecule has 5 heteroatoms. The molecule has 0 aliphatic rings. The van der Waals surface area contributed by atoms with E-state index in [1.165, 1.54) is 24.0 Å². The normalized spacial score (nSPS) is 10.4. The van der Waals surface area contributed by atoms with Gasteiger partial charge in [0.1, 0.15) is 12.4 Å². The van der Waals surface area contributed by atoms with Crippen LogP contribution in [0.15, 0.2) is 84.9 Å². The number of nitrogens with zero attached hydrogens (tertiary/aromatic N) is 2. The van der Waals surface area contributed by atoms with E-state index in [2.05, 4.69) is 0 Å². The maximum atomic E-state index is 14.2. The average molecular weight is 376 g/mol. The van der Waals surface area contributed by atoms with Gasteiger partial charge in [-0.2, -0.15) is 0 Å². The minimum atomic E-state index is -0.542. The first kappa shape index (κ1) is 19.3. The minimum absolute atomic E-state index is 0.0936. The smallest absolute Gasteiger partial charge is 0.247 e. The van der Waals surface area contributed by atoms with Crippen molar-refractivity contribution in [2.24, 2.45) is 0 Å². The third-order valence-corrected chi connectivity index (χ3v) is 4.37. The Kier molecular flexibility index (Phi) is 6.17. The summed E-state index contributed by atoms with van der Waals surface area (Å²) in [5.74, 6) is -1.24. The standard InChI is InChI=1S/C23H21FN2O2/c1-18(27)25(22-15-9-8-14-21(22)24)17-23(28)26(20-12-6-3-7-13-20)16-19-10-4-2-5-11-19/h2-15H,16-17H2,1H3. The van der Waals surface area contributed by atoms with Crippen molar-refractivity contribution in [3.05, 3.63) is 96.3 Å². The van der Waals surface area contributed by atoms with E-state index in [-0.39, 0.29) is 18.1 Å². The summed E-state index contributed by atoms with van der Waals surface area (Å²) in [4.78, 5) is 28.1. The Balaban J connectivity index is 1.90. The first-order chi connectivity index (χ1) is 13.6. The molecule has 0 unspecified atom stereocenters. The van der Waals surface area contributed by atoms with Crippen molar-refractivity contribution in [1.82, 2.24) is 0 Å². The fourth-order valence-corrected chi connectivity index (χ4v) is 2.95. The molecule has 0 atom stereocenters. The van der Waals surface area contributed by atoms with E-state index in [9.17, 15) is 14.0 Å². The highest BCUT2D eigenvalue weighted by atomic mass is 19.1. The predicted molar refractivity (Wildman–Crippen MR) is 109 cm³/mol. The Morgan fingerprint density at radius 3 is 1.96 bits per heavy atom. The van der Waals surface area contributed by atoms with E-state index in [0.717, 1.165) is 5.56 Å². The summed E-state index contributed by atoms with van der Waals surface area (Å²) in [6, 6.07) is 24.8. The lowest BCUT2D eigenvalue weighted by molar-refractivity contribution is -0.121. The van der Waals surface area contributed by atoms with Crippen molar-refractivity contribution >= 4 is 23.2 Å². The molecule has 0 bridgehead atoms. The van der Waals surface area contributed by atoms with Gasteiger partial charge in [0, 0.05) is 12.6 Å². The molecule has 3 rings (SSSR count). The molecular formula is C23H21FN2O2. The highest BCUT2D eigenvalue weighted by Crippen LogP contribution is 2.21. The zero-order valence-electron chi connectivity index (χ0n) is 15.6. The van der Waals surface area contributed by atoms with Gasteiger partial charge in [0.25, 0.3) is 0 Å². The van der Waals surface area contributed by atoms with Crippen LogP contribution in [0.5, 0.6) is 0 Å². The summed E-state index contributed by atoms with van der Waals surface area (Å²) < 4.78 is 14.2. The lowest BCUT2D eigenvalue weighted by atomic mass is 10.2. The third kappa shape index (κ3) is 4.62. The first-order valence-electron chi connectivity index (χ1n) is 8.98. The largest absolute Gasteiger partial charge is 0.306 e. The van der Waals surface area contributed by atoms with Crippen molar-refractivity contribution in [2.75, 3.05) is 16.3 Å². The molecule has 3 aromatic carbocycles. The Hall–Kier alpha value is -3.47. The molecule has 3 aromatic rings. The number of hydrogen-bond donors (Lipinski definition) is 0. The second kappa shape index (κ2) is 8.95. The number of hydrogen-bond acceptors (Lipinski definition) is 2. The summed E-state index contributed by atoms with van der Waals surface area (Å²) >= 11 is 0. The third-order valence-electron chi connectivity index (χ3n) is 4.37. The van der Waals surface area contributed by atoms with Crippen LogP contribution >= 0.6 is 0 Å². The number of para-hydroxylation sites is 2. The summed E-state index contributed by atoms with van der Waals surface area (Å²) in [6.45, 7) is 1.43. The maximum absolute atomic E-state index is 14.2. The van der Waals surface area contributed by atoms with Crippen LogP contribution in [0.2, 0.25) is 0 Å². The number of rotatable bonds is 6. The average Bonchev–Trinajstić information content (AvgIpc) is 2.72. The molecule has 2 amide bonds. The molecule has 0 saturated carbocycles. The zero-order chi connectivity index (χ0) is 19.9. The van der Waals surface area contributed by atoms with Crippen molar-refractivity contribution in [1.29, 1.82) is 0 Å². The lowest BCUT2D eigenvalue weighted by Gasteiger charge is -2.27. The van der Waals surface area contributed by atoms with Crippen LogP contribution in [-0.4, -0.2) is 18.4 Å². The molecule has 0 heterocycles. The van der Waals surface area contributed by atoms with Crippen molar-refractivity contribution in [3.8, 4) is 0 Å². The fourth-order valence-electron chi connectivity index (χ4n) is 2.95. The molecule has 0 fully saturated rings. The number of carbonyl (C=O) groups is 2. The van der Waals surface area contributed by atoms with Crippen molar-refractivity contribution < 1.29 is 14.0 Å². The Morgan fingerprint density at radius 2 is 1.36 bits per heavy atom. The molecule has 4 nitrogen and oxygen atoms in total. The minimum Gasteiger partial charge on any atom is -0.306 e. The van der Waals surface area contributed by atoms with Gasteiger partial charge in [-0.25, -0.2) is 4.39 Å². The number of halogens is 1. The maximum Gasteiger partial charge on any atom is 0.247 e. The lowest BCUT2D eigenvalue weighted by Crippen LogP contribution is -2.42. The number of benzene rings is 3. The van der Waals surface area contributed by atoms with E-state index >= 15 is 0 Å². The Labute approximate surface area is 163 Å². The summed E-state index contributed by atoms with van der Waals surface area (Å²) in [7, 11) is 0. The summed E-state index contributed by atoms with van der Waals surface area (Å²) in [5.41, 5.74) is 1.77. The number of carbonyl (C=O) groups excluding carboxylic acids is 2. The quantitative estimate of drug-likeness (QED) is 0.639. The van der Waals surface area contributed by atoms with Gasteiger partial charge in [0.2, 0.25) is 11.8 Å². The van der Waals surface area contributed by atoms with Crippen LogP contribution in [0, 0.1) is 5.82 Å². The van der Waals surface area contributed by atoms with Gasteiger partial charge in [-0.3, -0.25) is 9.59 Å². The second-order valence-electron chi connectivity index (χ2n) is 6.36. The van der Waals surface area contributed by atoms with E-state index in [0.29, 0.717) is 12.2 Å². The van der Waals surface area contributed by atoms with Crippen LogP contribution in [0.4, 0.5) is 15.8 Å². The molecule has 28 heavy (non-hydrogen) atoms. The molecule has 142 valence electrons. The van der Waals surface area contributed by atoms with Gasteiger partial charge >= 0.3 is 0 Å². The van der Waals surface area contributed by atoms with Crippen molar-refractivity contribution in [2.45, 2.75) is 13.5 Å². The van der Waals surface area contributed by atoms with Gasteiger partial charge in [-0.05, 0) is 29.8 Å². The fraction of sp³-hybridized carbons (Fsp3) is 0.130. The topological polar surface area (TPSA) is 40.6 Å². The molecule has 0 spiro atoms. The SMILES string of the molecule is CC(=O)N(CC(=O)N(Cc1ccccc1)c1ccccc1)c1ccccc1F. The Bertz CT molecular complexity index is 945. The highest BCUT2D eigenvalue weighted by Gasteiger charge is 2.23. The molecule has 0 saturated heterocycles. The molecule has 0 aliphatic heterocycles. The van der Waals surface area contributed by atoms with E-state index in [4.69, 9.17) is 0 Å². The Morgan fingerprint density at radius 1 is 0.786 bits per heavy atom. The molecule has 0 aromatic heterocycles. The zero-order valence-corrected chi connectivity index (χ0v) is 15.6. The number of amides is 2. The van der Waals surface area contributed by atoms with Gasteiger partial charge in [0.05, 0.1) is 12.2 Å². The van der Waals surface area contributed by atoms with E-state index in [1.54, 1.807) is 17.0 Å². The van der Waals surface area contributed by atoms with Gasteiger partial charge < -0.3 is 9.80 Å². The number of anilines is 2. The van der Waals surface area contributed by atoms with Gasteiger partial charge in [-0.1, -0.05) is 60.7 Å². The monoisotopic (exact) mass is 376 g/mol. The van der Waals surface area contributed by atoms with Gasteiger partial charge in [-0.15, -0.1) is 0 Å². The van der Waals surface area contributed by atoms with E-state index < -0.39 is 11.7 Å². The van der Waals surface area contributed by atoms with Crippen LogP contribution in [0.3, 0.4) is 0 Å². The predicted octanol–water partition coefficient (Wildman–Crippen LogP) is 4.41. The summed E-state index contributed by atoms with van der Waals surface area (Å²) in [5, 5.41) is 0. The second-order valence-corrected chi connectivity index (χ2v) is 6.36. The van der Waals surface area contributed by atoms with Crippen LogP contribution in [0.1, 0.15) is 12.5 Å². The summed E-state index contributed by atoms with van der Waals surface area (Å²) in [6.07, 6.45) is 0. The molecule has 0 N–H and O–H groups in total.